The fourth-order valence-electron chi connectivity index (χ4n) is 1.98. The minimum atomic E-state index is -0.860. The third-order valence-electron chi connectivity index (χ3n) is 3.16. The lowest BCUT2D eigenvalue weighted by molar-refractivity contribution is -0.141. The summed E-state index contributed by atoms with van der Waals surface area (Å²) >= 11 is 0. The molecule has 2 atom stereocenters. The molecular weight excluding hydrogens is 250 g/mol. The number of nitrogens with zero attached hydrogens (tertiary/aromatic N) is 1. The molecule has 0 radical (unpaired) electrons. The molecule has 1 heterocycles. The van der Waals surface area contributed by atoms with E-state index in [1.54, 1.807) is 11.8 Å². The lowest BCUT2D eigenvalue weighted by Gasteiger charge is -2.18. The second-order valence-electron chi connectivity index (χ2n) is 4.89. The second kappa shape index (κ2) is 6.96. The normalized spacial score (nSPS) is 19.9. The lowest BCUT2D eigenvalue weighted by atomic mass is 10.1. The Morgan fingerprint density at radius 2 is 2.11 bits per heavy atom. The van der Waals surface area contributed by atoms with Crippen LogP contribution in [0.15, 0.2) is 0 Å². The molecule has 7 nitrogen and oxygen atoms in total. The first-order chi connectivity index (χ1) is 8.90. The summed E-state index contributed by atoms with van der Waals surface area (Å²) < 4.78 is 0. The van der Waals surface area contributed by atoms with Crippen LogP contribution in [-0.2, 0) is 9.59 Å². The Hall–Kier alpha value is -1.79. The quantitative estimate of drug-likeness (QED) is 0.656. The third-order valence-corrected chi connectivity index (χ3v) is 3.16. The molecule has 1 aliphatic heterocycles. The zero-order valence-corrected chi connectivity index (χ0v) is 11.3. The lowest BCUT2D eigenvalue weighted by Crippen LogP contribution is -2.42. The molecule has 2 unspecified atom stereocenters. The first-order valence-electron chi connectivity index (χ1n) is 6.43. The molecule has 0 spiro atoms. The molecule has 0 aromatic carbocycles. The van der Waals surface area contributed by atoms with Crippen molar-refractivity contribution in [1.82, 2.24) is 15.5 Å². The van der Waals surface area contributed by atoms with E-state index in [1.165, 1.54) is 6.92 Å². The Balaban J connectivity index is 2.24. The number of hydrogen-bond donors (Lipinski definition) is 3. The number of carboxylic acid groups (broad SMARTS) is 1. The van der Waals surface area contributed by atoms with Crippen LogP contribution >= 0.6 is 0 Å². The molecule has 1 saturated heterocycles. The molecule has 3 N–H and O–H groups in total. The Kier molecular flexibility index (Phi) is 5.59. The molecule has 108 valence electrons. The largest absolute Gasteiger partial charge is 0.481 e. The van der Waals surface area contributed by atoms with Gasteiger partial charge in [0.05, 0.1) is 5.92 Å². The van der Waals surface area contributed by atoms with E-state index >= 15 is 0 Å². The molecule has 0 saturated carbocycles. The fraction of sp³-hybridized carbons (Fsp3) is 0.750. The molecule has 19 heavy (non-hydrogen) atoms. The van der Waals surface area contributed by atoms with Crippen LogP contribution in [0.5, 0.6) is 0 Å². The van der Waals surface area contributed by atoms with Crippen molar-refractivity contribution in [2.45, 2.75) is 32.7 Å². The minimum absolute atomic E-state index is 0.0150. The molecule has 1 aliphatic rings. The Labute approximate surface area is 112 Å². The van der Waals surface area contributed by atoms with Gasteiger partial charge in [0.25, 0.3) is 0 Å². The van der Waals surface area contributed by atoms with Crippen LogP contribution in [0, 0.1) is 5.92 Å². The molecule has 0 aliphatic carbocycles. The van der Waals surface area contributed by atoms with Crippen molar-refractivity contribution in [2.75, 3.05) is 19.6 Å². The Bertz CT molecular complexity index is 359. The van der Waals surface area contributed by atoms with Crippen molar-refractivity contribution in [1.29, 1.82) is 0 Å². The van der Waals surface area contributed by atoms with E-state index in [-0.39, 0.29) is 18.0 Å². The van der Waals surface area contributed by atoms with Gasteiger partial charge in [0.2, 0.25) is 5.91 Å². The van der Waals surface area contributed by atoms with Gasteiger partial charge in [-0.1, -0.05) is 6.92 Å². The zero-order valence-electron chi connectivity index (χ0n) is 11.3. The van der Waals surface area contributed by atoms with Gasteiger partial charge in [-0.2, -0.15) is 0 Å². The molecule has 3 amide bonds. The predicted octanol–water partition coefficient (Wildman–Crippen LogP) is 0.0172. The molecule has 1 fully saturated rings. The standard InChI is InChI=1S/C12H21N3O4/c1-8(11(17)18)3-5-13-12(19)15-6-4-10(7-15)14-9(2)16/h8,10H,3-7H2,1-2H3,(H,13,19)(H,14,16)(H,17,18). The van der Waals surface area contributed by atoms with E-state index in [4.69, 9.17) is 5.11 Å². The van der Waals surface area contributed by atoms with Gasteiger partial charge in [0, 0.05) is 32.6 Å². The number of carboxylic acids is 1. The summed E-state index contributed by atoms with van der Waals surface area (Å²) in [4.78, 5) is 34.9. The molecule has 0 aromatic rings. The monoisotopic (exact) mass is 271 g/mol. The van der Waals surface area contributed by atoms with Crippen LogP contribution in [0.2, 0.25) is 0 Å². The van der Waals surface area contributed by atoms with Crippen LogP contribution in [0.3, 0.4) is 0 Å². The minimum Gasteiger partial charge on any atom is -0.481 e. The summed E-state index contributed by atoms with van der Waals surface area (Å²) in [5.41, 5.74) is 0. The van der Waals surface area contributed by atoms with E-state index in [2.05, 4.69) is 10.6 Å². The predicted molar refractivity (Wildman–Crippen MR) is 68.6 cm³/mol. The number of aliphatic carboxylic acids is 1. The van der Waals surface area contributed by atoms with E-state index in [9.17, 15) is 14.4 Å². The van der Waals surface area contributed by atoms with Crippen molar-refractivity contribution >= 4 is 17.9 Å². The van der Waals surface area contributed by atoms with E-state index in [0.29, 0.717) is 26.1 Å². The number of urea groups is 1. The number of nitrogens with one attached hydrogen (secondary N) is 2. The van der Waals surface area contributed by atoms with E-state index < -0.39 is 11.9 Å². The Morgan fingerprint density at radius 3 is 2.68 bits per heavy atom. The summed E-state index contributed by atoms with van der Waals surface area (Å²) in [5, 5.41) is 14.2. The van der Waals surface area contributed by atoms with Gasteiger partial charge in [0.15, 0.2) is 0 Å². The molecule has 1 rings (SSSR count). The average molecular weight is 271 g/mol. The SMILES string of the molecule is CC(=O)NC1CCN(C(=O)NCCC(C)C(=O)O)C1. The number of carbonyl (C=O) groups is 3. The van der Waals surface area contributed by atoms with Crippen molar-refractivity contribution < 1.29 is 19.5 Å². The van der Waals surface area contributed by atoms with E-state index in [0.717, 1.165) is 6.42 Å². The summed E-state index contributed by atoms with van der Waals surface area (Å²) in [6.45, 7) is 4.51. The molecule has 7 heteroatoms. The van der Waals surface area contributed by atoms with Crippen LogP contribution in [0.25, 0.3) is 0 Å². The highest BCUT2D eigenvalue weighted by Gasteiger charge is 2.26. The summed E-state index contributed by atoms with van der Waals surface area (Å²) in [7, 11) is 0. The number of rotatable bonds is 5. The van der Waals surface area contributed by atoms with Crippen LogP contribution in [0.4, 0.5) is 4.79 Å². The van der Waals surface area contributed by atoms with Gasteiger partial charge in [-0.25, -0.2) is 4.79 Å². The van der Waals surface area contributed by atoms with Gasteiger partial charge in [-0.05, 0) is 12.8 Å². The maximum absolute atomic E-state index is 11.8. The van der Waals surface area contributed by atoms with Crippen LogP contribution < -0.4 is 10.6 Å². The topological polar surface area (TPSA) is 98.7 Å². The van der Waals surface area contributed by atoms with Crippen LogP contribution in [0.1, 0.15) is 26.7 Å². The third kappa shape index (κ3) is 5.15. The fourth-order valence-corrected chi connectivity index (χ4v) is 1.98. The van der Waals surface area contributed by atoms with Gasteiger partial charge in [0.1, 0.15) is 0 Å². The first kappa shape index (κ1) is 15.3. The highest BCUT2D eigenvalue weighted by atomic mass is 16.4. The number of carbonyl (C=O) groups excluding carboxylic acids is 2. The summed E-state index contributed by atoms with van der Waals surface area (Å²) in [6, 6.07) is -0.188. The molecule has 0 aromatic heterocycles. The molecule has 0 bridgehead atoms. The van der Waals surface area contributed by atoms with Crippen molar-refractivity contribution in [3.63, 3.8) is 0 Å². The Morgan fingerprint density at radius 1 is 1.42 bits per heavy atom. The number of likely N-dealkylation sites (tertiary alicyclic amines) is 1. The van der Waals surface area contributed by atoms with Gasteiger partial charge >= 0.3 is 12.0 Å². The highest BCUT2D eigenvalue weighted by Crippen LogP contribution is 2.09. The first-order valence-corrected chi connectivity index (χ1v) is 6.43. The van der Waals surface area contributed by atoms with Crippen molar-refractivity contribution in [3.05, 3.63) is 0 Å². The summed E-state index contributed by atoms with van der Waals surface area (Å²) in [5.74, 6) is -1.42. The van der Waals surface area contributed by atoms with Gasteiger partial charge in [-0.3, -0.25) is 9.59 Å². The van der Waals surface area contributed by atoms with Crippen molar-refractivity contribution in [3.8, 4) is 0 Å². The van der Waals surface area contributed by atoms with Crippen LogP contribution in [-0.4, -0.2) is 53.6 Å². The van der Waals surface area contributed by atoms with Gasteiger partial charge in [-0.15, -0.1) is 0 Å². The van der Waals surface area contributed by atoms with Crippen molar-refractivity contribution in [2.24, 2.45) is 5.92 Å². The summed E-state index contributed by atoms with van der Waals surface area (Å²) in [6.07, 6.45) is 1.16. The zero-order chi connectivity index (χ0) is 14.4. The highest BCUT2D eigenvalue weighted by molar-refractivity contribution is 5.76. The smallest absolute Gasteiger partial charge is 0.317 e. The maximum atomic E-state index is 11.8. The second-order valence-corrected chi connectivity index (χ2v) is 4.89. The number of amides is 3. The van der Waals surface area contributed by atoms with Gasteiger partial charge < -0.3 is 20.6 Å². The van der Waals surface area contributed by atoms with E-state index in [1.807, 2.05) is 0 Å². The average Bonchev–Trinajstić information content (AvgIpc) is 2.76. The number of hydrogen-bond acceptors (Lipinski definition) is 3. The maximum Gasteiger partial charge on any atom is 0.317 e. The molecular formula is C12H21N3O4.